The first kappa shape index (κ1) is 13.3. The molecular formula is C15H14N2OS. The van der Waals surface area contributed by atoms with Crippen LogP contribution in [0.2, 0.25) is 0 Å². The van der Waals surface area contributed by atoms with Gasteiger partial charge < -0.3 is 5.32 Å². The van der Waals surface area contributed by atoms with Crippen molar-refractivity contribution in [1.29, 1.82) is 0 Å². The minimum atomic E-state index is 0.0239. The van der Waals surface area contributed by atoms with Crippen LogP contribution in [0.5, 0.6) is 0 Å². The van der Waals surface area contributed by atoms with Gasteiger partial charge in [0.05, 0.1) is 12.1 Å². The van der Waals surface area contributed by atoms with E-state index in [-0.39, 0.29) is 5.91 Å². The minimum absolute atomic E-state index is 0.0239. The lowest BCUT2D eigenvalue weighted by Gasteiger charge is -2.00. The number of thiazole rings is 1. The summed E-state index contributed by atoms with van der Waals surface area (Å²) < 4.78 is 0. The van der Waals surface area contributed by atoms with Crippen LogP contribution in [0.3, 0.4) is 0 Å². The Hall–Kier alpha value is -2.12. The molecule has 0 radical (unpaired) electrons. The average molecular weight is 270 g/mol. The summed E-state index contributed by atoms with van der Waals surface area (Å²) in [5.41, 5.74) is 2.74. The van der Waals surface area contributed by atoms with Gasteiger partial charge in [-0.25, -0.2) is 0 Å². The van der Waals surface area contributed by atoms with Crippen LogP contribution in [-0.2, 0) is 11.3 Å². The molecule has 0 aliphatic heterocycles. The fourth-order valence-corrected chi connectivity index (χ4v) is 2.00. The lowest BCUT2D eigenvalue weighted by Crippen LogP contribution is -2.21. The Balaban J connectivity index is 1.68. The molecule has 0 fully saturated rings. The van der Waals surface area contributed by atoms with Gasteiger partial charge in [0.15, 0.2) is 0 Å². The van der Waals surface area contributed by atoms with E-state index < -0.39 is 0 Å². The van der Waals surface area contributed by atoms with Crippen LogP contribution in [0.4, 0.5) is 0 Å². The summed E-state index contributed by atoms with van der Waals surface area (Å²) in [5, 5.41) is 2.85. The van der Waals surface area contributed by atoms with Crippen molar-refractivity contribution < 1.29 is 4.79 Å². The number of nitrogens with zero attached hydrogens (tertiary/aromatic N) is 1. The number of nitrogens with one attached hydrogen (secondary N) is 1. The van der Waals surface area contributed by atoms with E-state index >= 15 is 0 Å². The monoisotopic (exact) mass is 270 g/mol. The molecule has 0 saturated heterocycles. The van der Waals surface area contributed by atoms with Gasteiger partial charge in [-0.1, -0.05) is 30.0 Å². The number of hydrogen-bond acceptors (Lipinski definition) is 3. The van der Waals surface area contributed by atoms with E-state index in [0.717, 1.165) is 10.4 Å². The van der Waals surface area contributed by atoms with Crippen molar-refractivity contribution in [2.45, 2.75) is 19.4 Å². The quantitative estimate of drug-likeness (QED) is 0.868. The average Bonchev–Trinajstić information content (AvgIpc) is 2.96. The van der Waals surface area contributed by atoms with E-state index in [2.05, 4.69) is 22.1 Å². The lowest BCUT2D eigenvalue weighted by atomic mass is 10.2. The third-order valence-electron chi connectivity index (χ3n) is 2.43. The zero-order valence-electron chi connectivity index (χ0n) is 10.4. The second kappa shape index (κ2) is 7.34. The molecule has 0 aliphatic carbocycles. The number of rotatable bonds is 4. The highest BCUT2D eigenvalue weighted by atomic mass is 32.1. The molecule has 1 N–H and O–H groups in total. The Labute approximate surface area is 116 Å². The molecule has 0 spiro atoms. The van der Waals surface area contributed by atoms with E-state index in [4.69, 9.17) is 0 Å². The molecule has 2 rings (SSSR count). The topological polar surface area (TPSA) is 42.0 Å². The molecule has 3 nitrogen and oxygen atoms in total. The van der Waals surface area contributed by atoms with Gasteiger partial charge in [-0.15, -0.1) is 11.3 Å². The van der Waals surface area contributed by atoms with Crippen LogP contribution in [0.15, 0.2) is 42.0 Å². The maximum Gasteiger partial charge on any atom is 0.221 e. The Bertz CT molecular complexity index is 567. The van der Waals surface area contributed by atoms with Crippen molar-refractivity contribution in [3.05, 3.63) is 52.5 Å². The van der Waals surface area contributed by atoms with Crippen molar-refractivity contribution in [3.63, 3.8) is 0 Å². The molecule has 1 aromatic carbocycles. The smallest absolute Gasteiger partial charge is 0.221 e. The van der Waals surface area contributed by atoms with Gasteiger partial charge >= 0.3 is 0 Å². The zero-order chi connectivity index (χ0) is 13.3. The van der Waals surface area contributed by atoms with Crippen molar-refractivity contribution in [1.82, 2.24) is 10.3 Å². The van der Waals surface area contributed by atoms with E-state index in [1.807, 2.05) is 30.3 Å². The zero-order valence-corrected chi connectivity index (χ0v) is 11.2. The summed E-state index contributed by atoms with van der Waals surface area (Å²) in [6.07, 6.45) is 2.77. The number of carbonyl (C=O) groups is 1. The van der Waals surface area contributed by atoms with Crippen LogP contribution < -0.4 is 5.32 Å². The fourth-order valence-electron chi connectivity index (χ4n) is 1.47. The SMILES string of the molecule is O=C(CCC#Cc1ccccc1)NCc1cncs1. The predicted octanol–water partition coefficient (Wildman–Crippen LogP) is 2.59. The van der Waals surface area contributed by atoms with Crippen molar-refractivity contribution in [2.75, 3.05) is 0 Å². The summed E-state index contributed by atoms with van der Waals surface area (Å²) >= 11 is 1.54. The summed E-state index contributed by atoms with van der Waals surface area (Å²) in [4.78, 5) is 16.6. The molecule has 1 amide bonds. The van der Waals surface area contributed by atoms with Crippen LogP contribution in [-0.4, -0.2) is 10.9 Å². The minimum Gasteiger partial charge on any atom is -0.351 e. The Morgan fingerprint density at radius 3 is 2.89 bits per heavy atom. The van der Waals surface area contributed by atoms with Crippen molar-refractivity contribution >= 4 is 17.2 Å². The van der Waals surface area contributed by atoms with Gasteiger partial charge in [-0.2, -0.15) is 0 Å². The first-order chi connectivity index (χ1) is 9.34. The molecule has 19 heavy (non-hydrogen) atoms. The second-order valence-corrected chi connectivity index (χ2v) is 4.88. The number of benzene rings is 1. The molecule has 0 saturated carbocycles. The molecule has 1 heterocycles. The summed E-state index contributed by atoms with van der Waals surface area (Å²) in [7, 11) is 0. The van der Waals surface area contributed by atoms with Gasteiger partial charge in [-0.05, 0) is 12.1 Å². The van der Waals surface area contributed by atoms with E-state index in [9.17, 15) is 4.79 Å². The number of hydrogen-bond donors (Lipinski definition) is 1. The molecule has 96 valence electrons. The Morgan fingerprint density at radius 2 is 2.16 bits per heavy atom. The third-order valence-corrected chi connectivity index (χ3v) is 3.21. The highest BCUT2D eigenvalue weighted by Gasteiger charge is 2.00. The fraction of sp³-hybridized carbons (Fsp3) is 0.200. The molecule has 4 heteroatoms. The molecular weight excluding hydrogens is 256 g/mol. The number of aromatic nitrogens is 1. The van der Waals surface area contributed by atoms with Gasteiger partial charge in [0.25, 0.3) is 0 Å². The molecule has 0 aliphatic rings. The normalized spacial score (nSPS) is 9.47. The number of amides is 1. The first-order valence-electron chi connectivity index (χ1n) is 6.02. The standard InChI is InChI=1S/C15H14N2OS/c18-15(17-11-14-10-16-12-19-14)9-5-4-8-13-6-2-1-3-7-13/h1-3,6-7,10,12H,5,9,11H2,(H,17,18). The first-order valence-corrected chi connectivity index (χ1v) is 6.90. The third kappa shape index (κ3) is 4.94. The summed E-state index contributed by atoms with van der Waals surface area (Å²) in [6, 6.07) is 9.77. The van der Waals surface area contributed by atoms with Crippen molar-refractivity contribution in [3.8, 4) is 11.8 Å². The van der Waals surface area contributed by atoms with E-state index in [1.54, 1.807) is 11.7 Å². The van der Waals surface area contributed by atoms with Crippen LogP contribution in [0.25, 0.3) is 0 Å². The van der Waals surface area contributed by atoms with Gasteiger partial charge in [0.1, 0.15) is 0 Å². The van der Waals surface area contributed by atoms with Gasteiger partial charge in [-0.3, -0.25) is 9.78 Å². The number of carbonyl (C=O) groups excluding carboxylic acids is 1. The van der Waals surface area contributed by atoms with Crippen LogP contribution >= 0.6 is 11.3 Å². The second-order valence-electron chi connectivity index (χ2n) is 3.91. The maximum absolute atomic E-state index is 11.6. The summed E-state index contributed by atoms with van der Waals surface area (Å²) in [5.74, 6) is 6.06. The van der Waals surface area contributed by atoms with E-state index in [1.165, 1.54) is 11.3 Å². The van der Waals surface area contributed by atoms with Gasteiger partial charge in [0.2, 0.25) is 5.91 Å². The molecule has 0 bridgehead atoms. The highest BCUT2D eigenvalue weighted by Crippen LogP contribution is 2.04. The maximum atomic E-state index is 11.6. The van der Waals surface area contributed by atoms with Crippen LogP contribution in [0, 0.1) is 11.8 Å². The lowest BCUT2D eigenvalue weighted by molar-refractivity contribution is -0.121. The molecule has 1 aromatic heterocycles. The van der Waals surface area contributed by atoms with E-state index in [0.29, 0.717) is 19.4 Å². The Morgan fingerprint density at radius 1 is 1.32 bits per heavy atom. The molecule has 0 unspecified atom stereocenters. The van der Waals surface area contributed by atoms with Crippen LogP contribution in [0.1, 0.15) is 23.3 Å². The predicted molar refractivity (Wildman–Crippen MR) is 76.5 cm³/mol. The van der Waals surface area contributed by atoms with Gasteiger partial charge in [0, 0.05) is 29.5 Å². The molecule has 0 atom stereocenters. The Kier molecular flexibility index (Phi) is 5.15. The summed E-state index contributed by atoms with van der Waals surface area (Å²) in [6.45, 7) is 0.551. The van der Waals surface area contributed by atoms with Crippen molar-refractivity contribution in [2.24, 2.45) is 0 Å². The largest absolute Gasteiger partial charge is 0.351 e. The highest BCUT2D eigenvalue weighted by molar-refractivity contribution is 7.09. The molecule has 2 aromatic rings.